The molecule has 1 heterocycles. The molecular weight excluding hydrogens is 464 g/mol. The van der Waals surface area contributed by atoms with E-state index in [0.29, 0.717) is 18.0 Å². The molecule has 1 aromatic heterocycles. The highest BCUT2D eigenvalue weighted by Crippen LogP contribution is 2.25. The molecule has 7 heteroatoms. The number of anilines is 1. The number of ether oxygens (including phenoxy) is 1. The quantitative estimate of drug-likeness (QED) is 0.206. The van der Waals surface area contributed by atoms with Crippen LogP contribution < -0.4 is 15.5 Å². The summed E-state index contributed by atoms with van der Waals surface area (Å²) in [5.41, 5.74) is 10.2. The number of benzene rings is 3. The van der Waals surface area contributed by atoms with E-state index in [1.54, 1.807) is 30.5 Å². The molecule has 0 aliphatic heterocycles. The lowest BCUT2D eigenvalue weighted by molar-refractivity contribution is -0.136. The Balaban J connectivity index is 1.33. The molecule has 188 valence electrons. The maximum atomic E-state index is 12.3. The summed E-state index contributed by atoms with van der Waals surface area (Å²) in [4.78, 5) is 24.6. The van der Waals surface area contributed by atoms with Crippen molar-refractivity contribution >= 4 is 23.7 Å². The monoisotopic (exact) mass is 494 g/mol. The van der Waals surface area contributed by atoms with Gasteiger partial charge in [0.15, 0.2) is 0 Å². The summed E-state index contributed by atoms with van der Waals surface area (Å²) in [6, 6.07) is 24.9. The molecular formula is C30H30N4O3. The Bertz CT molecular complexity index is 1420. The van der Waals surface area contributed by atoms with Gasteiger partial charge in [-0.1, -0.05) is 48.5 Å². The van der Waals surface area contributed by atoms with Crippen LogP contribution in [0.2, 0.25) is 0 Å². The maximum absolute atomic E-state index is 12.3. The van der Waals surface area contributed by atoms with Gasteiger partial charge in [0.2, 0.25) is 0 Å². The van der Waals surface area contributed by atoms with E-state index in [0.717, 1.165) is 28.2 Å². The van der Waals surface area contributed by atoms with E-state index in [2.05, 4.69) is 46.4 Å². The lowest BCUT2D eigenvalue weighted by Gasteiger charge is -2.15. The summed E-state index contributed by atoms with van der Waals surface area (Å²) in [5, 5.41) is 6.57. The average molecular weight is 495 g/mol. The molecule has 7 nitrogen and oxygen atoms in total. The number of aryl methyl sites for hydroxylation is 3. The summed E-state index contributed by atoms with van der Waals surface area (Å²) in [7, 11) is 0. The highest BCUT2D eigenvalue weighted by Gasteiger charge is 2.15. The van der Waals surface area contributed by atoms with Crippen molar-refractivity contribution in [3.05, 3.63) is 113 Å². The minimum absolute atomic E-state index is 0.444. The summed E-state index contributed by atoms with van der Waals surface area (Å²) < 4.78 is 7.92. The van der Waals surface area contributed by atoms with Gasteiger partial charge in [-0.05, 0) is 74.7 Å². The van der Waals surface area contributed by atoms with Crippen molar-refractivity contribution in [2.24, 2.45) is 5.10 Å². The number of hydrazone groups is 1. The van der Waals surface area contributed by atoms with E-state index < -0.39 is 11.8 Å². The minimum atomic E-state index is -0.857. The molecule has 0 saturated carbocycles. The SMILES string of the molecule is Cc1cccc(C)c1-n1c(C)cc(/C=N\NC(=O)C(=O)Nc2ccc(OCc3ccccc3)cc2)c1C. The van der Waals surface area contributed by atoms with Gasteiger partial charge in [-0.25, -0.2) is 5.43 Å². The van der Waals surface area contributed by atoms with Gasteiger partial charge in [-0.3, -0.25) is 9.59 Å². The van der Waals surface area contributed by atoms with Gasteiger partial charge < -0.3 is 14.6 Å². The summed E-state index contributed by atoms with van der Waals surface area (Å²) in [6.07, 6.45) is 1.55. The molecule has 0 aliphatic carbocycles. The molecule has 3 aromatic carbocycles. The van der Waals surface area contributed by atoms with E-state index in [4.69, 9.17) is 4.74 Å². The van der Waals surface area contributed by atoms with Crippen molar-refractivity contribution in [1.82, 2.24) is 9.99 Å². The van der Waals surface area contributed by atoms with Crippen molar-refractivity contribution in [1.29, 1.82) is 0 Å². The number of para-hydroxylation sites is 1. The zero-order valence-electron chi connectivity index (χ0n) is 21.4. The van der Waals surface area contributed by atoms with Crippen LogP contribution in [-0.2, 0) is 16.2 Å². The highest BCUT2D eigenvalue weighted by atomic mass is 16.5. The summed E-state index contributed by atoms with van der Waals surface area (Å²) in [5.74, 6) is -1.00. The lowest BCUT2D eigenvalue weighted by Crippen LogP contribution is -2.32. The second-order valence-electron chi connectivity index (χ2n) is 8.85. The molecule has 4 rings (SSSR count). The lowest BCUT2D eigenvalue weighted by atomic mass is 10.1. The van der Waals surface area contributed by atoms with E-state index in [9.17, 15) is 9.59 Å². The number of amides is 2. The van der Waals surface area contributed by atoms with Crippen LogP contribution in [0, 0.1) is 27.7 Å². The Morgan fingerprint density at radius 2 is 1.54 bits per heavy atom. The standard InChI is InChI=1S/C30H30N4O3/c1-20-9-8-10-21(2)28(20)34-22(3)17-25(23(34)4)18-31-33-30(36)29(35)32-26-13-15-27(16-14-26)37-19-24-11-6-5-7-12-24/h5-18H,19H2,1-4H3,(H,32,35)(H,33,36)/b31-18-. The van der Waals surface area contributed by atoms with Gasteiger partial charge in [0.05, 0.1) is 11.9 Å². The molecule has 0 bridgehead atoms. The van der Waals surface area contributed by atoms with Crippen molar-refractivity contribution in [2.45, 2.75) is 34.3 Å². The fourth-order valence-corrected chi connectivity index (χ4v) is 4.20. The minimum Gasteiger partial charge on any atom is -0.489 e. The molecule has 0 spiro atoms. The molecule has 0 aliphatic rings. The van der Waals surface area contributed by atoms with Crippen LogP contribution in [0.1, 0.15) is 33.6 Å². The first-order valence-corrected chi connectivity index (χ1v) is 12.0. The van der Waals surface area contributed by atoms with Crippen molar-refractivity contribution in [2.75, 3.05) is 5.32 Å². The van der Waals surface area contributed by atoms with Crippen molar-refractivity contribution in [3.63, 3.8) is 0 Å². The van der Waals surface area contributed by atoms with E-state index >= 15 is 0 Å². The Kier molecular flexibility index (Phi) is 7.83. The van der Waals surface area contributed by atoms with Crippen molar-refractivity contribution in [3.8, 4) is 11.4 Å². The molecule has 37 heavy (non-hydrogen) atoms. The largest absolute Gasteiger partial charge is 0.489 e. The number of hydrogen-bond acceptors (Lipinski definition) is 4. The first-order chi connectivity index (χ1) is 17.8. The number of hydrogen-bond donors (Lipinski definition) is 2. The van der Waals surface area contributed by atoms with Crippen LogP contribution in [0.15, 0.2) is 84.0 Å². The van der Waals surface area contributed by atoms with Crippen LogP contribution in [0.3, 0.4) is 0 Å². The molecule has 2 amide bonds. The number of carbonyl (C=O) groups excluding carboxylic acids is 2. The zero-order chi connectivity index (χ0) is 26.4. The molecule has 0 atom stereocenters. The van der Waals surface area contributed by atoms with E-state index in [1.807, 2.05) is 56.3 Å². The third-order valence-corrected chi connectivity index (χ3v) is 6.07. The maximum Gasteiger partial charge on any atom is 0.329 e. The smallest absolute Gasteiger partial charge is 0.329 e. The number of aromatic nitrogens is 1. The Hall–Kier alpha value is -4.65. The Morgan fingerprint density at radius 1 is 0.865 bits per heavy atom. The molecule has 0 fully saturated rings. The second-order valence-corrected chi connectivity index (χ2v) is 8.85. The Morgan fingerprint density at radius 3 is 2.22 bits per heavy atom. The van der Waals surface area contributed by atoms with E-state index in [1.165, 1.54) is 11.1 Å². The van der Waals surface area contributed by atoms with Crippen LogP contribution in [0.4, 0.5) is 5.69 Å². The molecule has 2 N–H and O–H groups in total. The van der Waals surface area contributed by atoms with Crippen LogP contribution in [-0.4, -0.2) is 22.6 Å². The van der Waals surface area contributed by atoms with Gasteiger partial charge in [0, 0.05) is 22.6 Å². The second kappa shape index (κ2) is 11.4. The van der Waals surface area contributed by atoms with Crippen molar-refractivity contribution < 1.29 is 14.3 Å². The van der Waals surface area contributed by atoms with Crippen LogP contribution >= 0.6 is 0 Å². The third-order valence-electron chi connectivity index (χ3n) is 6.07. The number of nitrogens with one attached hydrogen (secondary N) is 2. The molecule has 0 unspecified atom stereocenters. The van der Waals surface area contributed by atoms with Crippen LogP contribution in [0.25, 0.3) is 5.69 Å². The van der Waals surface area contributed by atoms with Gasteiger partial charge >= 0.3 is 11.8 Å². The fraction of sp³-hybridized carbons (Fsp3) is 0.167. The first-order valence-electron chi connectivity index (χ1n) is 12.0. The Labute approximate surface area is 216 Å². The zero-order valence-corrected chi connectivity index (χ0v) is 21.4. The molecule has 0 radical (unpaired) electrons. The predicted molar refractivity (Wildman–Crippen MR) is 146 cm³/mol. The number of nitrogens with zero attached hydrogens (tertiary/aromatic N) is 2. The topological polar surface area (TPSA) is 84.7 Å². The van der Waals surface area contributed by atoms with Gasteiger partial charge in [-0.15, -0.1) is 0 Å². The molecule has 0 saturated heterocycles. The van der Waals surface area contributed by atoms with Gasteiger partial charge in [-0.2, -0.15) is 5.10 Å². The number of rotatable bonds is 7. The van der Waals surface area contributed by atoms with Crippen LogP contribution in [0.5, 0.6) is 5.75 Å². The number of carbonyl (C=O) groups is 2. The van der Waals surface area contributed by atoms with Gasteiger partial charge in [0.1, 0.15) is 12.4 Å². The first kappa shape index (κ1) is 25.4. The van der Waals surface area contributed by atoms with Gasteiger partial charge in [0.25, 0.3) is 0 Å². The highest BCUT2D eigenvalue weighted by molar-refractivity contribution is 6.39. The normalized spacial score (nSPS) is 10.9. The molecule has 4 aromatic rings. The summed E-state index contributed by atoms with van der Waals surface area (Å²) >= 11 is 0. The summed E-state index contributed by atoms with van der Waals surface area (Å²) in [6.45, 7) is 8.64. The average Bonchev–Trinajstić information content (AvgIpc) is 3.17. The third kappa shape index (κ3) is 6.13. The van der Waals surface area contributed by atoms with E-state index in [-0.39, 0.29) is 0 Å². The fourth-order valence-electron chi connectivity index (χ4n) is 4.20. The predicted octanol–water partition coefficient (Wildman–Crippen LogP) is 5.38.